The van der Waals surface area contributed by atoms with Crippen molar-refractivity contribution in [3.05, 3.63) is 0 Å². The van der Waals surface area contributed by atoms with E-state index in [-0.39, 0.29) is 11.2 Å². The van der Waals surface area contributed by atoms with Crippen molar-refractivity contribution < 1.29 is 8.42 Å². The van der Waals surface area contributed by atoms with E-state index in [9.17, 15) is 8.42 Å². The van der Waals surface area contributed by atoms with Crippen molar-refractivity contribution in [2.75, 3.05) is 18.8 Å². The van der Waals surface area contributed by atoms with E-state index in [1.165, 1.54) is 12.8 Å². The number of nitrogens with one attached hydrogen (secondary N) is 2. The Morgan fingerprint density at radius 3 is 2.41 bits per heavy atom. The summed E-state index contributed by atoms with van der Waals surface area (Å²) in [7, 11) is -3.09. The molecule has 2 rings (SSSR count). The van der Waals surface area contributed by atoms with Gasteiger partial charge in [-0.25, -0.2) is 13.1 Å². The highest BCUT2D eigenvalue weighted by atomic mass is 32.2. The number of hydrogen-bond acceptors (Lipinski definition) is 3. The zero-order valence-corrected chi connectivity index (χ0v) is 11.6. The van der Waals surface area contributed by atoms with Crippen molar-refractivity contribution in [2.24, 2.45) is 11.3 Å². The molecule has 4 nitrogen and oxygen atoms in total. The maximum absolute atomic E-state index is 11.8. The molecule has 0 amide bonds. The van der Waals surface area contributed by atoms with Crippen LogP contribution < -0.4 is 10.0 Å². The Labute approximate surface area is 105 Å². The lowest BCUT2D eigenvalue weighted by Gasteiger charge is -2.20. The summed E-state index contributed by atoms with van der Waals surface area (Å²) in [4.78, 5) is 0. The second kappa shape index (κ2) is 4.86. The number of sulfonamides is 1. The van der Waals surface area contributed by atoms with Crippen LogP contribution in [0.3, 0.4) is 0 Å². The lowest BCUT2D eigenvalue weighted by atomic mass is 9.93. The summed E-state index contributed by atoms with van der Waals surface area (Å²) in [6, 6.07) is 0.579. The average Bonchev–Trinajstić information content (AvgIpc) is 3.11. The summed E-state index contributed by atoms with van der Waals surface area (Å²) in [5.41, 5.74) is 0.247. The molecule has 0 atom stereocenters. The van der Waals surface area contributed by atoms with Crippen molar-refractivity contribution in [1.82, 2.24) is 10.0 Å². The second-order valence-corrected chi connectivity index (χ2v) is 7.81. The van der Waals surface area contributed by atoms with E-state index in [1.54, 1.807) is 0 Å². The van der Waals surface area contributed by atoms with Crippen LogP contribution in [-0.2, 0) is 10.0 Å². The third kappa shape index (κ3) is 3.93. The Hall–Kier alpha value is -0.130. The van der Waals surface area contributed by atoms with Crippen LogP contribution in [0.4, 0.5) is 0 Å². The Morgan fingerprint density at radius 1 is 1.29 bits per heavy atom. The van der Waals surface area contributed by atoms with Gasteiger partial charge in [-0.1, -0.05) is 13.8 Å². The highest BCUT2D eigenvalue weighted by Gasteiger charge is 2.45. The summed E-state index contributed by atoms with van der Waals surface area (Å²) < 4.78 is 26.3. The molecule has 2 fully saturated rings. The molecule has 0 aromatic rings. The number of hydrogen-bond donors (Lipinski definition) is 2. The molecule has 0 saturated heterocycles. The molecule has 2 saturated carbocycles. The lowest BCUT2D eigenvalue weighted by molar-refractivity contribution is 0.357. The zero-order valence-electron chi connectivity index (χ0n) is 10.8. The Morgan fingerprint density at radius 2 is 1.94 bits per heavy atom. The van der Waals surface area contributed by atoms with Crippen molar-refractivity contribution >= 4 is 10.0 Å². The maximum atomic E-state index is 11.8. The maximum Gasteiger partial charge on any atom is 0.212 e. The molecule has 2 N–H and O–H groups in total. The fourth-order valence-electron chi connectivity index (χ4n) is 2.13. The van der Waals surface area contributed by atoms with E-state index in [0.717, 1.165) is 12.8 Å². The van der Waals surface area contributed by atoms with Gasteiger partial charge in [0.05, 0.1) is 5.75 Å². The average molecular weight is 260 g/mol. The molecular weight excluding hydrogens is 236 g/mol. The normalized spacial score (nSPS) is 23.0. The lowest BCUT2D eigenvalue weighted by Crippen LogP contribution is -2.37. The fourth-order valence-corrected chi connectivity index (χ4v) is 3.17. The first-order chi connectivity index (χ1) is 7.94. The fraction of sp³-hybridized carbons (Fsp3) is 1.00. The predicted octanol–water partition coefficient (Wildman–Crippen LogP) is 1.09. The van der Waals surface area contributed by atoms with Gasteiger partial charge in [-0.15, -0.1) is 0 Å². The molecule has 0 radical (unpaired) electrons. The van der Waals surface area contributed by atoms with Gasteiger partial charge in [0.15, 0.2) is 0 Å². The van der Waals surface area contributed by atoms with Crippen LogP contribution in [-0.4, -0.2) is 33.3 Å². The van der Waals surface area contributed by atoms with Gasteiger partial charge in [-0.05, 0) is 37.0 Å². The van der Waals surface area contributed by atoms with Gasteiger partial charge in [0.1, 0.15) is 0 Å². The minimum absolute atomic E-state index is 0.206. The molecular formula is C12H24N2O2S. The van der Waals surface area contributed by atoms with Crippen LogP contribution in [0, 0.1) is 11.3 Å². The first kappa shape index (κ1) is 13.3. The molecule has 0 heterocycles. The van der Waals surface area contributed by atoms with Gasteiger partial charge in [-0.3, -0.25) is 0 Å². The highest BCUT2D eigenvalue weighted by molar-refractivity contribution is 7.89. The topological polar surface area (TPSA) is 58.2 Å². The Balaban J connectivity index is 1.69. The van der Waals surface area contributed by atoms with E-state index in [2.05, 4.69) is 23.9 Å². The Kier molecular flexibility index (Phi) is 3.80. The first-order valence-corrected chi connectivity index (χ1v) is 8.29. The molecule has 2 aliphatic carbocycles. The van der Waals surface area contributed by atoms with Gasteiger partial charge in [0, 0.05) is 19.1 Å². The monoisotopic (exact) mass is 260 g/mol. The summed E-state index contributed by atoms with van der Waals surface area (Å²) in [6.45, 7) is 5.55. The van der Waals surface area contributed by atoms with Crippen LogP contribution >= 0.6 is 0 Å². The van der Waals surface area contributed by atoms with Gasteiger partial charge in [0.25, 0.3) is 0 Å². The molecule has 0 spiro atoms. The quantitative estimate of drug-likeness (QED) is 0.687. The Bertz CT molecular complexity index is 357. The zero-order chi connectivity index (χ0) is 12.5. The van der Waals surface area contributed by atoms with Crippen molar-refractivity contribution in [1.29, 1.82) is 0 Å². The van der Waals surface area contributed by atoms with Gasteiger partial charge in [-0.2, -0.15) is 0 Å². The van der Waals surface area contributed by atoms with Crippen molar-refractivity contribution in [2.45, 2.75) is 45.6 Å². The van der Waals surface area contributed by atoms with Crippen LogP contribution in [0.15, 0.2) is 0 Å². The summed E-state index contributed by atoms with van der Waals surface area (Å²) in [5, 5.41) is 3.23. The standard InChI is InChI=1S/C12H24N2O2S/c1-10(2)12(5-6-12)9-14-17(15,16)8-7-13-11-3-4-11/h10-11,13-14H,3-9H2,1-2H3. The number of rotatable bonds is 8. The van der Waals surface area contributed by atoms with Gasteiger partial charge < -0.3 is 5.32 Å². The third-order valence-electron chi connectivity index (χ3n) is 4.14. The molecule has 17 heavy (non-hydrogen) atoms. The molecule has 5 heteroatoms. The minimum Gasteiger partial charge on any atom is -0.313 e. The highest BCUT2D eigenvalue weighted by Crippen LogP contribution is 2.51. The minimum atomic E-state index is -3.09. The molecule has 0 aromatic heterocycles. The molecule has 0 unspecified atom stereocenters. The molecule has 0 aromatic carbocycles. The molecule has 2 aliphatic rings. The SMILES string of the molecule is CC(C)C1(CNS(=O)(=O)CCNC2CC2)CC1. The van der Waals surface area contributed by atoms with E-state index in [0.29, 0.717) is 25.0 Å². The van der Waals surface area contributed by atoms with Crippen LogP contribution in [0.5, 0.6) is 0 Å². The smallest absolute Gasteiger partial charge is 0.212 e. The van der Waals surface area contributed by atoms with E-state index < -0.39 is 10.0 Å². The molecule has 0 bridgehead atoms. The molecule has 100 valence electrons. The van der Waals surface area contributed by atoms with E-state index in [1.807, 2.05) is 0 Å². The van der Waals surface area contributed by atoms with E-state index >= 15 is 0 Å². The molecule has 0 aliphatic heterocycles. The summed E-state index contributed by atoms with van der Waals surface area (Å²) >= 11 is 0. The third-order valence-corrected chi connectivity index (χ3v) is 5.47. The first-order valence-electron chi connectivity index (χ1n) is 6.64. The van der Waals surface area contributed by atoms with Crippen LogP contribution in [0.2, 0.25) is 0 Å². The van der Waals surface area contributed by atoms with Crippen molar-refractivity contribution in [3.63, 3.8) is 0 Å². The van der Waals surface area contributed by atoms with Gasteiger partial charge >= 0.3 is 0 Å². The largest absolute Gasteiger partial charge is 0.313 e. The second-order valence-electron chi connectivity index (χ2n) is 5.89. The summed E-state index contributed by atoms with van der Waals surface area (Å²) in [5.74, 6) is 0.771. The van der Waals surface area contributed by atoms with E-state index in [4.69, 9.17) is 0 Å². The van der Waals surface area contributed by atoms with Crippen molar-refractivity contribution in [3.8, 4) is 0 Å². The van der Waals surface area contributed by atoms with Crippen LogP contribution in [0.1, 0.15) is 39.5 Å². The predicted molar refractivity (Wildman–Crippen MR) is 69.3 cm³/mol. The summed E-state index contributed by atoms with van der Waals surface area (Å²) in [6.07, 6.45) is 4.72. The van der Waals surface area contributed by atoms with Gasteiger partial charge in [0.2, 0.25) is 10.0 Å². The van der Waals surface area contributed by atoms with Crippen LogP contribution in [0.25, 0.3) is 0 Å².